The summed E-state index contributed by atoms with van der Waals surface area (Å²) in [5.41, 5.74) is 0. The number of hydrogen-bond donors (Lipinski definition) is 1. The van der Waals surface area contributed by atoms with Crippen LogP contribution in [-0.4, -0.2) is 17.1 Å². The first kappa shape index (κ1) is 21.9. The Kier molecular flexibility index (Phi) is 9.24. The highest BCUT2D eigenvalue weighted by Crippen LogP contribution is 2.51. The quantitative estimate of drug-likeness (QED) is 0.367. The Morgan fingerprint density at radius 2 is 1.26 bits per heavy atom. The maximum atomic E-state index is 15.4. The van der Waals surface area contributed by atoms with Crippen LogP contribution in [0.25, 0.3) is 0 Å². The molecule has 0 bridgehead atoms. The van der Waals surface area contributed by atoms with Gasteiger partial charge in [0.05, 0.1) is 6.10 Å². The molecule has 0 fully saturated rings. The summed E-state index contributed by atoms with van der Waals surface area (Å²) in [6.45, 7) is 2.19. The molecule has 0 aliphatic heterocycles. The van der Waals surface area contributed by atoms with E-state index in [1.807, 2.05) is 12.1 Å². The summed E-state index contributed by atoms with van der Waals surface area (Å²) in [4.78, 5) is 0. The van der Waals surface area contributed by atoms with E-state index in [-0.39, 0.29) is 0 Å². The number of aliphatic hydroxyl groups is 1. The Balaban J connectivity index is 2.04. The number of benzene rings is 2. The van der Waals surface area contributed by atoms with Crippen molar-refractivity contribution >= 4 is 17.8 Å². The van der Waals surface area contributed by atoms with E-state index in [1.54, 1.807) is 48.5 Å². The minimum absolute atomic E-state index is 0.346. The number of halogens is 1. The van der Waals surface area contributed by atoms with Crippen LogP contribution in [0.4, 0.5) is 4.39 Å². The lowest BCUT2D eigenvalue weighted by Gasteiger charge is -2.26. The molecule has 0 unspecified atom stereocenters. The van der Waals surface area contributed by atoms with Crippen LogP contribution < -0.4 is 10.6 Å². The molecule has 2 rings (SSSR count). The molecule has 0 heterocycles. The Bertz CT molecular complexity index is 647. The van der Waals surface area contributed by atoms with Gasteiger partial charge < -0.3 is 9.67 Å². The smallest absolute Gasteiger partial charge is 0.186 e. The third kappa shape index (κ3) is 6.02. The molecule has 0 amide bonds. The summed E-state index contributed by atoms with van der Waals surface area (Å²) in [5, 5.41) is 11.4. The van der Waals surface area contributed by atoms with E-state index in [0.29, 0.717) is 17.0 Å². The van der Waals surface area contributed by atoms with Gasteiger partial charge in [0.25, 0.3) is 0 Å². The van der Waals surface area contributed by atoms with Crippen molar-refractivity contribution < 1.29 is 14.1 Å². The van der Waals surface area contributed by atoms with Crippen molar-refractivity contribution in [2.45, 2.75) is 70.3 Å². The summed E-state index contributed by atoms with van der Waals surface area (Å²) < 4.78 is 29.2. The summed E-state index contributed by atoms with van der Waals surface area (Å²) in [6, 6.07) is 17.5. The monoisotopic (exact) mass is 390 g/mol. The molecule has 2 nitrogen and oxygen atoms in total. The summed E-state index contributed by atoms with van der Waals surface area (Å²) in [6.07, 6.45) is 6.88. The topological polar surface area (TPSA) is 37.3 Å². The van der Waals surface area contributed by atoms with Crippen LogP contribution in [0, 0.1) is 0 Å². The van der Waals surface area contributed by atoms with Gasteiger partial charge in [0.15, 0.2) is 13.1 Å². The van der Waals surface area contributed by atoms with Crippen LogP contribution >= 0.6 is 7.14 Å². The Morgan fingerprint density at radius 3 is 1.74 bits per heavy atom. The van der Waals surface area contributed by atoms with Crippen LogP contribution in [0.2, 0.25) is 0 Å². The van der Waals surface area contributed by atoms with E-state index < -0.39 is 19.2 Å². The van der Waals surface area contributed by atoms with Gasteiger partial charge in [-0.2, -0.15) is 0 Å². The average molecular weight is 390 g/mol. The van der Waals surface area contributed by atoms with Crippen molar-refractivity contribution in [1.29, 1.82) is 0 Å². The average Bonchev–Trinajstić information content (AvgIpc) is 2.73. The number of alkyl halides is 1. The fourth-order valence-electron chi connectivity index (χ4n) is 3.42. The van der Waals surface area contributed by atoms with Crippen molar-refractivity contribution in [3.05, 3.63) is 60.7 Å². The zero-order valence-corrected chi connectivity index (χ0v) is 17.2. The van der Waals surface area contributed by atoms with Crippen LogP contribution in [0.1, 0.15) is 58.3 Å². The van der Waals surface area contributed by atoms with Gasteiger partial charge in [-0.3, -0.25) is 0 Å². The second-order valence-corrected chi connectivity index (χ2v) is 10.0. The van der Waals surface area contributed by atoms with Crippen LogP contribution in [0.5, 0.6) is 0 Å². The van der Waals surface area contributed by atoms with Crippen LogP contribution in [0.15, 0.2) is 60.7 Å². The number of aliphatic hydroxyl groups excluding tert-OH is 1. The summed E-state index contributed by atoms with van der Waals surface area (Å²) >= 11 is 0. The van der Waals surface area contributed by atoms with Crippen LogP contribution in [0.3, 0.4) is 0 Å². The molecule has 0 radical (unpaired) electrons. The molecule has 0 saturated heterocycles. The van der Waals surface area contributed by atoms with Gasteiger partial charge in [-0.05, 0) is 6.42 Å². The van der Waals surface area contributed by atoms with Crippen molar-refractivity contribution in [2.24, 2.45) is 0 Å². The van der Waals surface area contributed by atoms with Gasteiger partial charge >= 0.3 is 0 Å². The van der Waals surface area contributed by atoms with Gasteiger partial charge in [0.1, 0.15) is 0 Å². The third-order valence-corrected chi connectivity index (χ3v) is 8.22. The van der Waals surface area contributed by atoms with E-state index >= 15 is 4.39 Å². The predicted octanol–water partition coefficient (Wildman–Crippen LogP) is 5.80. The van der Waals surface area contributed by atoms with E-state index in [4.69, 9.17) is 0 Å². The molecular weight excluding hydrogens is 358 g/mol. The first-order chi connectivity index (χ1) is 13.1. The fourth-order valence-corrected chi connectivity index (χ4v) is 6.15. The molecule has 2 aromatic carbocycles. The summed E-state index contributed by atoms with van der Waals surface area (Å²) in [7, 11) is -3.56. The highest BCUT2D eigenvalue weighted by atomic mass is 31.2. The number of unbranched alkanes of at least 4 members (excludes halogenated alkanes) is 6. The molecule has 0 aliphatic rings. The highest BCUT2D eigenvalue weighted by Gasteiger charge is 2.41. The second kappa shape index (κ2) is 11.4. The minimum atomic E-state index is -3.56. The molecule has 0 spiro atoms. The van der Waals surface area contributed by atoms with E-state index in [9.17, 15) is 9.67 Å². The molecular formula is C23H32FO2P. The second-order valence-electron chi connectivity index (χ2n) is 7.18. The van der Waals surface area contributed by atoms with Crippen molar-refractivity contribution in [3.63, 3.8) is 0 Å². The number of rotatable bonds is 12. The zero-order chi connectivity index (χ0) is 19.5. The Hall–Kier alpha value is -1.44. The maximum Gasteiger partial charge on any atom is 0.186 e. The Labute approximate surface area is 163 Å². The first-order valence-electron chi connectivity index (χ1n) is 10.1. The van der Waals surface area contributed by atoms with Crippen LogP contribution in [-0.2, 0) is 4.57 Å². The van der Waals surface area contributed by atoms with Crippen molar-refractivity contribution in [1.82, 2.24) is 0 Å². The fraction of sp³-hybridized carbons (Fsp3) is 0.478. The van der Waals surface area contributed by atoms with Gasteiger partial charge in [0, 0.05) is 10.6 Å². The lowest BCUT2D eigenvalue weighted by molar-refractivity contribution is 0.107. The van der Waals surface area contributed by atoms with Crippen molar-refractivity contribution in [3.8, 4) is 0 Å². The molecule has 4 heteroatoms. The van der Waals surface area contributed by atoms with E-state index in [1.165, 1.54) is 25.7 Å². The lowest BCUT2D eigenvalue weighted by atomic mass is 10.1. The molecule has 0 saturated carbocycles. The molecule has 148 valence electrons. The molecule has 2 aromatic rings. The zero-order valence-electron chi connectivity index (χ0n) is 16.3. The van der Waals surface area contributed by atoms with Gasteiger partial charge in [-0.15, -0.1) is 0 Å². The van der Waals surface area contributed by atoms with Gasteiger partial charge in [-0.1, -0.05) is 113 Å². The number of hydrogen-bond acceptors (Lipinski definition) is 2. The van der Waals surface area contributed by atoms with Gasteiger partial charge in [-0.25, -0.2) is 4.39 Å². The van der Waals surface area contributed by atoms with E-state index in [2.05, 4.69) is 6.92 Å². The highest BCUT2D eigenvalue weighted by molar-refractivity contribution is 7.79. The molecule has 0 aliphatic carbocycles. The van der Waals surface area contributed by atoms with E-state index in [0.717, 1.165) is 19.3 Å². The maximum absolute atomic E-state index is 15.4. The largest absolute Gasteiger partial charge is 0.390 e. The normalized spacial score (nSPS) is 14.0. The molecule has 0 aromatic heterocycles. The first-order valence-corrected chi connectivity index (χ1v) is 11.9. The SMILES string of the molecule is CCCCCCCCC[C@H](O)[C@H](F)P(=O)(c1ccccc1)c1ccccc1. The predicted molar refractivity (Wildman–Crippen MR) is 113 cm³/mol. The molecule has 1 N–H and O–H groups in total. The minimum Gasteiger partial charge on any atom is -0.390 e. The standard InChI is InChI=1S/C23H32FO2P/c1-2-3-4-5-6-7-14-19-22(25)23(24)27(26,20-15-10-8-11-16-20)21-17-12-9-13-18-21/h8-13,15-18,22-23,25H,2-7,14,19H2,1H3/t22-,23+/m0/s1. The third-order valence-electron chi connectivity index (χ3n) is 5.05. The summed E-state index contributed by atoms with van der Waals surface area (Å²) in [5.74, 6) is -1.79. The Morgan fingerprint density at radius 1 is 0.815 bits per heavy atom. The molecule has 2 atom stereocenters. The van der Waals surface area contributed by atoms with Crippen molar-refractivity contribution in [2.75, 3.05) is 0 Å². The lowest BCUT2D eigenvalue weighted by Crippen LogP contribution is -2.31. The van der Waals surface area contributed by atoms with Gasteiger partial charge in [0.2, 0.25) is 0 Å². The molecule has 27 heavy (non-hydrogen) atoms.